The largest absolute Gasteiger partial charge is 0.372 e. The van der Waals surface area contributed by atoms with E-state index in [4.69, 9.17) is 0 Å². The molecule has 3 rings (SSSR count). The molecule has 2 heterocycles. The van der Waals surface area contributed by atoms with Crippen LogP contribution in [-0.2, 0) is 9.59 Å². The summed E-state index contributed by atoms with van der Waals surface area (Å²) >= 11 is 0. The number of carbonyl (C=O) groups is 2. The molecule has 2 N–H and O–H groups in total. The number of amides is 2. The zero-order valence-electron chi connectivity index (χ0n) is 19.5. The highest BCUT2D eigenvalue weighted by atomic mass is 16.2. The van der Waals surface area contributed by atoms with Crippen molar-refractivity contribution >= 4 is 23.2 Å². The number of piperazine rings is 1. The van der Waals surface area contributed by atoms with Crippen molar-refractivity contribution in [2.45, 2.75) is 52.0 Å². The highest BCUT2D eigenvalue weighted by Crippen LogP contribution is 2.21. The quantitative estimate of drug-likeness (QED) is 0.727. The van der Waals surface area contributed by atoms with E-state index in [9.17, 15) is 9.59 Å². The number of anilines is 2. The minimum absolute atomic E-state index is 0.0152. The molecule has 31 heavy (non-hydrogen) atoms. The predicted octanol–water partition coefficient (Wildman–Crippen LogP) is 2.54. The highest BCUT2D eigenvalue weighted by molar-refractivity contribution is 5.92. The average molecular weight is 430 g/mol. The molecule has 1 aromatic rings. The maximum Gasteiger partial charge on any atom is 0.238 e. The Labute approximate surface area is 187 Å². The van der Waals surface area contributed by atoms with Gasteiger partial charge in [-0.05, 0) is 57.9 Å². The summed E-state index contributed by atoms with van der Waals surface area (Å²) in [5.41, 5.74) is 1.88. The van der Waals surface area contributed by atoms with Gasteiger partial charge in [0.2, 0.25) is 11.8 Å². The van der Waals surface area contributed by atoms with E-state index in [0.29, 0.717) is 13.1 Å². The zero-order valence-corrected chi connectivity index (χ0v) is 19.5. The van der Waals surface area contributed by atoms with Gasteiger partial charge in [-0.25, -0.2) is 0 Å². The van der Waals surface area contributed by atoms with E-state index in [1.165, 1.54) is 31.4 Å². The molecule has 2 amide bonds. The Kier molecular flexibility index (Phi) is 8.32. The van der Waals surface area contributed by atoms with Crippen LogP contribution >= 0.6 is 0 Å². The van der Waals surface area contributed by atoms with Crippen LogP contribution in [0.4, 0.5) is 11.4 Å². The summed E-state index contributed by atoms with van der Waals surface area (Å²) in [6.45, 7) is 12.2. The van der Waals surface area contributed by atoms with Gasteiger partial charge in [-0.2, -0.15) is 0 Å². The molecule has 0 unspecified atom stereocenters. The van der Waals surface area contributed by atoms with E-state index in [1.54, 1.807) is 0 Å². The van der Waals surface area contributed by atoms with Gasteiger partial charge in [0.1, 0.15) is 0 Å². The third-order valence-electron chi connectivity index (χ3n) is 5.84. The van der Waals surface area contributed by atoms with E-state index in [0.717, 1.165) is 45.0 Å². The van der Waals surface area contributed by atoms with E-state index < -0.39 is 0 Å². The van der Waals surface area contributed by atoms with Crippen LogP contribution in [0.25, 0.3) is 0 Å². The van der Waals surface area contributed by atoms with Crippen LogP contribution in [0.2, 0.25) is 0 Å². The van der Waals surface area contributed by atoms with Crippen LogP contribution in [0.5, 0.6) is 0 Å². The first kappa shape index (κ1) is 23.5. The third kappa shape index (κ3) is 8.15. The molecule has 2 saturated heterocycles. The van der Waals surface area contributed by atoms with Crippen LogP contribution in [0.3, 0.4) is 0 Å². The minimum atomic E-state index is -0.206. The summed E-state index contributed by atoms with van der Waals surface area (Å²) in [6.07, 6.45) is 5.16. The standard InChI is InChI=1S/C24H39N5O2/c1-24(2,3)26-23(31)19-28-16-14-27(15-17-28)18-22(30)25-20-8-10-21(11-9-20)29-12-6-4-5-7-13-29/h8-11H,4-7,12-19H2,1-3H3,(H,25,30)(H,26,31). The van der Waals surface area contributed by atoms with Crippen molar-refractivity contribution < 1.29 is 9.59 Å². The van der Waals surface area contributed by atoms with Gasteiger partial charge in [0, 0.05) is 56.2 Å². The second-order valence-electron chi connectivity index (χ2n) is 9.85. The van der Waals surface area contributed by atoms with Crippen molar-refractivity contribution in [3.05, 3.63) is 24.3 Å². The Balaban J connectivity index is 1.39. The molecule has 0 radical (unpaired) electrons. The van der Waals surface area contributed by atoms with Gasteiger partial charge in [0.05, 0.1) is 13.1 Å². The smallest absolute Gasteiger partial charge is 0.238 e. The molecule has 7 nitrogen and oxygen atoms in total. The fourth-order valence-corrected chi connectivity index (χ4v) is 4.25. The first-order chi connectivity index (χ1) is 14.8. The number of rotatable bonds is 6. The number of nitrogens with zero attached hydrogens (tertiary/aromatic N) is 3. The minimum Gasteiger partial charge on any atom is -0.372 e. The van der Waals surface area contributed by atoms with Gasteiger partial charge in [-0.15, -0.1) is 0 Å². The van der Waals surface area contributed by atoms with E-state index >= 15 is 0 Å². The van der Waals surface area contributed by atoms with Gasteiger partial charge >= 0.3 is 0 Å². The average Bonchev–Trinajstić information content (AvgIpc) is 2.98. The second kappa shape index (κ2) is 11.0. The molecule has 0 aromatic heterocycles. The molecule has 0 bridgehead atoms. The molecule has 0 atom stereocenters. The van der Waals surface area contributed by atoms with Crippen LogP contribution in [0, 0.1) is 0 Å². The van der Waals surface area contributed by atoms with E-state index in [2.05, 4.69) is 37.5 Å². The third-order valence-corrected chi connectivity index (χ3v) is 5.84. The molecule has 172 valence electrons. The molecule has 0 spiro atoms. The van der Waals surface area contributed by atoms with Crippen LogP contribution in [-0.4, -0.2) is 79.5 Å². The van der Waals surface area contributed by atoms with Crippen molar-refractivity contribution in [3.63, 3.8) is 0 Å². The van der Waals surface area contributed by atoms with Crippen molar-refractivity contribution in [1.29, 1.82) is 0 Å². The van der Waals surface area contributed by atoms with Crippen molar-refractivity contribution in [2.75, 3.05) is 62.6 Å². The Morgan fingerprint density at radius 3 is 1.81 bits per heavy atom. The normalized spacial score (nSPS) is 19.0. The van der Waals surface area contributed by atoms with Gasteiger partial charge in [-0.3, -0.25) is 19.4 Å². The van der Waals surface area contributed by atoms with Crippen LogP contribution in [0.1, 0.15) is 46.5 Å². The lowest BCUT2D eigenvalue weighted by Gasteiger charge is -2.34. The molecule has 2 aliphatic rings. The highest BCUT2D eigenvalue weighted by Gasteiger charge is 2.22. The summed E-state index contributed by atoms with van der Waals surface area (Å²) in [4.78, 5) is 31.3. The Morgan fingerprint density at radius 2 is 1.29 bits per heavy atom. The number of hydrogen-bond donors (Lipinski definition) is 2. The number of benzene rings is 1. The maximum atomic E-state index is 12.5. The lowest BCUT2D eigenvalue weighted by atomic mass is 10.1. The fourth-order valence-electron chi connectivity index (χ4n) is 4.25. The molecule has 2 fully saturated rings. The number of nitrogens with one attached hydrogen (secondary N) is 2. The second-order valence-corrected chi connectivity index (χ2v) is 9.85. The van der Waals surface area contributed by atoms with Crippen molar-refractivity contribution in [1.82, 2.24) is 15.1 Å². The van der Waals surface area contributed by atoms with Gasteiger partial charge in [-0.1, -0.05) is 12.8 Å². The molecular weight excluding hydrogens is 390 g/mol. The summed E-state index contributed by atoms with van der Waals surface area (Å²) in [5.74, 6) is 0.0729. The van der Waals surface area contributed by atoms with Crippen LogP contribution in [0.15, 0.2) is 24.3 Å². The first-order valence-electron chi connectivity index (χ1n) is 11.7. The van der Waals surface area contributed by atoms with E-state index in [-0.39, 0.29) is 17.4 Å². The molecule has 0 aliphatic carbocycles. The Hall–Kier alpha value is -2.12. The van der Waals surface area contributed by atoms with E-state index in [1.807, 2.05) is 32.9 Å². The molecule has 0 saturated carbocycles. The summed E-state index contributed by atoms with van der Waals surface area (Å²) in [7, 11) is 0. The van der Waals surface area contributed by atoms with Crippen LogP contribution < -0.4 is 15.5 Å². The molecule has 1 aromatic carbocycles. The summed E-state index contributed by atoms with van der Waals surface area (Å²) in [6, 6.07) is 8.23. The summed E-state index contributed by atoms with van der Waals surface area (Å²) < 4.78 is 0. The predicted molar refractivity (Wildman–Crippen MR) is 127 cm³/mol. The zero-order chi connectivity index (χ0) is 22.3. The lowest BCUT2D eigenvalue weighted by Crippen LogP contribution is -2.52. The molecule has 7 heteroatoms. The van der Waals surface area contributed by atoms with Gasteiger partial charge in [0.15, 0.2) is 0 Å². The van der Waals surface area contributed by atoms with Gasteiger partial charge < -0.3 is 15.5 Å². The maximum absolute atomic E-state index is 12.5. The Morgan fingerprint density at radius 1 is 0.774 bits per heavy atom. The molecular formula is C24H39N5O2. The SMILES string of the molecule is CC(C)(C)NC(=O)CN1CCN(CC(=O)Nc2ccc(N3CCCCCC3)cc2)CC1. The number of carbonyl (C=O) groups excluding carboxylic acids is 2. The molecule has 2 aliphatic heterocycles. The number of hydrogen-bond acceptors (Lipinski definition) is 5. The monoisotopic (exact) mass is 429 g/mol. The summed E-state index contributed by atoms with van der Waals surface area (Å²) in [5, 5.41) is 6.03. The first-order valence-corrected chi connectivity index (χ1v) is 11.7. The van der Waals surface area contributed by atoms with Crippen molar-refractivity contribution in [3.8, 4) is 0 Å². The Bertz CT molecular complexity index is 712. The fraction of sp³-hybridized carbons (Fsp3) is 0.667. The van der Waals surface area contributed by atoms with Crippen molar-refractivity contribution in [2.24, 2.45) is 0 Å². The lowest BCUT2D eigenvalue weighted by molar-refractivity contribution is -0.124. The van der Waals surface area contributed by atoms with Gasteiger partial charge in [0.25, 0.3) is 0 Å². The topological polar surface area (TPSA) is 67.9 Å².